The molecule has 0 bridgehead atoms. The van der Waals surface area contributed by atoms with Gasteiger partial charge in [-0.15, -0.1) is 0 Å². The van der Waals surface area contributed by atoms with Gasteiger partial charge in [-0.3, -0.25) is 9.59 Å². The van der Waals surface area contributed by atoms with Crippen molar-refractivity contribution in [1.29, 1.82) is 0 Å². The second kappa shape index (κ2) is 6.99. The first-order valence-corrected chi connectivity index (χ1v) is 8.91. The largest absolute Gasteiger partial charge is 0.342 e. The predicted molar refractivity (Wildman–Crippen MR) is 85.3 cm³/mol. The molecule has 0 aromatic carbocycles. The molecule has 22 heavy (non-hydrogen) atoms. The summed E-state index contributed by atoms with van der Waals surface area (Å²) in [4.78, 5) is 29.0. The Morgan fingerprint density at radius 3 is 2.23 bits per heavy atom. The summed E-state index contributed by atoms with van der Waals surface area (Å²) in [5, 5.41) is 3.23. The lowest BCUT2D eigenvalue weighted by Gasteiger charge is -2.38. The van der Waals surface area contributed by atoms with E-state index in [2.05, 4.69) is 5.32 Å². The quantitative estimate of drug-likeness (QED) is 0.846. The van der Waals surface area contributed by atoms with Gasteiger partial charge in [0.2, 0.25) is 11.8 Å². The van der Waals surface area contributed by atoms with Crippen LogP contribution in [0.5, 0.6) is 0 Å². The van der Waals surface area contributed by atoms with Crippen molar-refractivity contribution in [3.63, 3.8) is 0 Å². The summed E-state index contributed by atoms with van der Waals surface area (Å²) in [5.74, 6) is 1.60. The summed E-state index contributed by atoms with van der Waals surface area (Å²) in [6.07, 6.45) is 6.22. The molecule has 2 amide bonds. The van der Waals surface area contributed by atoms with E-state index >= 15 is 0 Å². The number of carbonyl (C=O) groups is 2. The highest BCUT2D eigenvalue weighted by molar-refractivity contribution is 5.83. The molecule has 1 saturated carbocycles. The van der Waals surface area contributed by atoms with Crippen molar-refractivity contribution < 1.29 is 9.59 Å². The summed E-state index contributed by atoms with van der Waals surface area (Å²) in [7, 11) is 1.99. The summed E-state index contributed by atoms with van der Waals surface area (Å²) in [5.41, 5.74) is 0. The van der Waals surface area contributed by atoms with Crippen molar-refractivity contribution in [2.24, 2.45) is 17.8 Å². The van der Waals surface area contributed by atoms with E-state index in [1.807, 2.05) is 16.8 Å². The van der Waals surface area contributed by atoms with E-state index < -0.39 is 0 Å². The molecule has 0 aromatic rings. The number of nitrogens with one attached hydrogen (secondary N) is 1. The van der Waals surface area contributed by atoms with Gasteiger partial charge >= 0.3 is 0 Å². The highest BCUT2D eigenvalue weighted by atomic mass is 16.2. The molecule has 1 unspecified atom stereocenters. The van der Waals surface area contributed by atoms with Crippen molar-refractivity contribution in [3.8, 4) is 0 Å². The maximum absolute atomic E-state index is 12.7. The normalized spacial score (nSPS) is 27.0. The molecular weight excluding hydrogens is 278 g/mol. The predicted octanol–water partition coefficient (Wildman–Crippen LogP) is 1.09. The van der Waals surface area contributed by atoms with Crippen LogP contribution in [0.25, 0.3) is 0 Å². The molecular formula is C17H29N3O2. The van der Waals surface area contributed by atoms with Gasteiger partial charge in [0, 0.05) is 32.1 Å². The third-order valence-corrected chi connectivity index (χ3v) is 5.43. The first kappa shape index (κ1) is 15.8. The van der Waals surface area contributed by atoms with Crippen molar-refractivity contribution in [2.75, 3.05) is 39.8 Å². The third-order valence-electron chi connectivity index (χ3n) is 5.43. The monoisotopic (exact) mass is 307 g/mol. The molecule has 124 valence electrons. The fraction of sp³-hybridized carbons (Fsp3) is 0.882. The molecule has 0 spiro atoms. The molecule has 5 heteroatoms. The Morgan fingerprint density at radius 1 is 0.909 bits per heavy atom. The number of hydrogen-bond donors (Lipinski definition) is 1. The van der Waals surface area contributed by atoms with E-state index in [1.165, 1.54) is 0 Å². The van der Waals surface area contributed by atoms with Gasteiger partial charge < -0.3 is 15.1 Å². The first-order chi connectivity index (χ1) is 10.7. The van der Waals surface area contributed by atoms with E-state index in [0.29, 0.717) is 18.4 Å². The zero-order chi connectivity index (χ0) is 15.5. The molecule has 5 nitrogen and oxygen atoms in total. The lowest BCUT2D eigenvalue weighted by molar-refractivity contribution is -0.142. The van der Waals surface area contributed by atoms with E-state index in [-0.39, 0.29) is 17.7 Å². The average molecular weight is 307 g/mol. The fourth-order valence-corrected chi connectivity index (χ4v) is 3.87. The fourth-order valence-electron chi connectivity index (χ4n) is 3.87. The Morgan fingerprint density at radius 2 is 1.59 bits per heavy atom. The summed E-state index contributed by atoms with van der Waals surface area (Å²) in [6, 6.07) is 0. The standard InChI is InChI=1S/C17H29N3O2/c1-18-11-13-6-9-19(10-7-13)17(22)15-3-2-8-20(12-15)16(21)14-4-5-14/h13-15,18H,2-12H2,1H3. The van der Waals surface area contributed by atoms with Crippen molar-refractivity contribution >= 4 is 11.8 Å². The molecule has 0 aromatic heterocycles. The zero-order valence-electron chi connectivity index (χ0n) is 13.7. The lowest BCUT2D eigenvalue weighted by Crippen LogP contribution is -2.49. The van der Waals surface area contributed by atoms with Gasteiger partial charge in [-0.25, -0.2) is 0 Å². The van der Waals surface area contributed by atoms with Gasteiger partial charge in [-0.1, -0.05) is 0 Å². The van der Waals surface area contributed by atoms with E-state index in [9.17, 15) is 9.59 Å². The average Bonchev–Trinajstić information content (AvgIpc) is 3.40. The molecule has 1 aliphatic carbocycles. The van der Waals surface area contributed by atoms with Gasteiger partial charge in [0.25, 0.3) is 0 Å². The molecule has 2 aliphatic heterocycles. The maximum atomic E-state index is 12.7. The van der Waals surface area contributed by atoms with Gasteiger partial charge in [0.15, 0.2) is 0 Å². The van der Waals surface area contributed by atoms with Crippen LogP contribution in [0.15, 0.2) is 0 Å². The Bertz CT molecular complexity index is 414. The Kier molecular flexibility index (Phi) is 5.01. The van der Waals surface area contributed by atoms with Crippen LogP contribution in [-0.2, 0) is 9.59 Å². The zero-order valence-corrected chi connectivity index (χ0v) is 13.7. The van der Waals surface area contributed by atoms with Crippen molar-refractivity contribution in [1.82, 2.24) is 15.1 Å². The van der Waals surface area contributed by atoms with Crippen LogP contribution in [0.4, 0.5) is 0 Å². The Labute approximate surface area is 133 Å². The topological polar surface area (TPSA) is 52.7 Å². The molecule has 3 rings (SSSR count). The first-order valence-electron chi connectivity index (χ1n) is 8.91. The van der Waals surface area contributed by atoms with E-state index in [4.69, 9.17) is 0 Å². The van der Waals surface area contributed by atoms with Gasteiger partial charge in [0.1, 0.15) is 0 Å². The minimum Gasteiger partial charge on any atom is -0.342 e. The van der Waals surface area contributed by atoms with E-state index in [1.54, 1.807) is 0 Å². The SMILES string of the molecule is CNCC1CCN(C(=O)C2CCCN(C(=O)C3CC3)C2)CC1. The number of nitrogens with zero attached hydrogens (tertiary/aromatic N) is 2. The lowest BCUT2D eigenvalue weighted by atomic mass is 9.92. The van der Waals surface area contributed by atoms with Crippen LogP contribution in [0.2, 0.25) is 0 Å². The summed E-state index contributed by atoms with van der Waals surface area (Å²) in [6.45, 7) is 4.33. The second-order valence-corrected chi connectivity index (χ2v) is 7.22. The molecule has 3 fully saturated rings. The van der Waals surface area contributed by atoms with Gasteiger partial charge in [-0.2, -0.15) is 0 Å². The Balaban J connectivity index is 1.50. The molecule has 3 aliphatic rings. The smallest absolute Gasteiger partial charge is 0.227 e. The van der Waals surface area contributed by atoms with Crippen molar-refractivity contribution in [3.05, 3.63) is 0 Å². The minimum absolute atomic E-state index is 0.0392. The third kappa shape index (κ3) is 3.62. The highest BCUT2D eigenvalue weighted by Gasteiger charge is 2.38. The van der Waals surface area contributed by atoms with Crippen LogP contribution in [0.3, 0.4) is 0 Å². The summed E-state index contributed by atoms with van der Waals surface area (Å²) < 4.78 is 0. The number of rotatable bonds is 4. The highest BCUT2D eigenvalue weighted by Crippen LogP contribution is 2.33. The van der Waals surface area contributed by atoms with Gasteiger partial charge in [-0.05, 0) is 58.0 Å². The van der Waals surface area contributed by atoms with Crippen LogP contribution < -0.4 is 5.32 Å². The number of carbonyl (C=O) groups excluding carboxylic acids is 2. The number of amides is 2. The van der Waals surface area contributed by atoms with Crippen LogP contribution in [-0.4, -0.2) is 61.4 Å². The minimum atomic E-state index is 0.0392. The molecule has 0 radical (unpaired) electrons. The Hall–Kier alpha value is -1.10. The summed E-state index contributed by atoms with van der Waals surface area (Å²) >= 11 is 0. The van der Waals surface area contributed by atoms with Crippen molar-refractivity contribution in [2.45, 2.75) is 38.5 Å². The second-order valence-electron chi connectivity index (χ2n) is 7.22. The molecule has 2 heterocycles. The number of likely N-dealkylation sites (tertiary alicyclic amines) is 2. The molecule has 1 N–H and O–H groups in total. The van der Waals surface area contributed by atoms with Crippen LogP contribution >= 0.6 is 0 Å². The van der Waals surface area contributed by atoms with Gasteiger partial charge in [0.05, 0.1) is 5.92 Å². The van der Waals surface area contributed by atoms with E-state index in [0.717, 1.165) is 64.7 Å². The molecule has 2 saturated heterocycles. The maximum Gasteiger partial charge on any atom is 0.227 e. The number of piperidine rings is 2. The molecule has 1 atom stereocenters. The van der Waals surface area contributed by atoms with Crippen LogP contribution in [0, 0.1) is 17.8 Å². The number of hydrogen-bond acceptors (Lipinski definition) is 3. The van der Waals surface area contributed by atoms with Crippen LogP contribution in [0.1, 0.15) is 38.5 Å².